The van der Waals surface area contributed by atoms with E-state index in [9.17, 15) is 9.59 Å². The zero-order valence-corrected chi connectivity index (χ0v) is 14.8. The number of benzene rings is 1. The van der Waals surface area contributed by atoms with Crippen LogP contribution in [0.2, 0.25) is 0 Å². The predicted molar refractivity (Wildman–Crippen MR) is 92.7 cm³/mol. The van der Waals surface area contributed by atoms with Crippen LogP contribution < -0.4 is 14.8 Å². The van der Waals surface area contributed by atoms with Gasteiger partial charge in [0.05, 0.1) is 6.42 Å². The van der Waals surface area contributed by atoms with E-state index in [1.165, 1.54) is 0 Å². The molecule has 0 unspecified atom stereocenters. The van der Waals surface area contributed by atoms with Gasteiger partial charge in [-0.05, 0) is 38.0 Å². The molecule has 1 fully saturated rings. The third-order valence-corrected chi connectivity index (χ3v) is 4.34. The van der Waals surface area contributed by atoms with E-state index in [2.05, 4.69) is 5.32 Å². The van der Waals surface area contributed by atoms with Crippen LogP contribution in [-0.4, -0.2) is 60.8 Å². The van der Waals surface area contributed by atoms with E-state index >= 15 is 0 Å². The van der Waals surface area contributed by atoms with E-state index in [0.717, 1.165) is 17.7 Å². The summed E-state index contributed by atoms with van der Waals surface area (Å²) in [7, 11) is 0. The van der Waals surface area contributed by atoms with Gasteiger partial charge in [0.15, 0.2) is 11.5 Å². The maximum atomic E-state index is 12.6. The van der Waals surface area contributed by atoms with Crippen LogP contribution >= 0.6 is 0 Å². The Hall–Kier alpha value is -2.44. The summed E-state index contributed by atoms with van der Waals surface area (Å²) in [6.45, 7) is 6.59. The van der Waals surface area contributed by atoms with E-state index in [1.54, 1.807) is 4.90 Å². The molecule has 136 valence electrons. The van der Waals surface area contributed by atoms with Crippen molar-refractivity contribution in [2.75, 3.05) is 33.0 Å². The number of rotatable bonds is 3. The first-order chi connectivity index (χ1) is 12.0. The molecule has 1 aromatic rings. The zero-order valence-electron chi connectivity index (χ0n) is 14.8. The van der Waals surface area contributed by atoms with Gasteiger partial charge in [-0.25, -0.2) is 4.79 Å². The summed E-state index contributed by atoms with van der Waals surface area (Å²) in [5, 5.41) is 2.91. The molecule has 2 aliphatic heterocycles. The Morgan fingerprint density at radius 2 is 1.80 bits per heavy atom. The Balaban J connectivity index is 1.55. The van der Waals surface area contributed by atoms with Crippen LogP contribution in [0.4, 0.5) is 4.79 Å². The largest absolute Gasteiger partial charge is 0.454 e. The molecule has 7 nitrogen and oxygen atoms in total. The molecule has 1 N–H and O–H groups in total. The van der Waals surface area contributed by atoms with Gasteiger partial charge in [0.25, 0.3) is 0 Å². The van der Waals surface area contributed by atoms with Crippen molar-refractivity contribution in [3.05, 3.63) is 23.8 Å². The molecule has 0 spiro atoms. The summed E-state index contributed by atoms with van der Waals surface area (Å²) in [6, 6.07) is 5.65. The first-order valence-corrected chi connectivity index (χ1v) is 8.74. The average molecular weight is 347 g/mol. The minimum Gasteiger partial charge on any atom is -0.454 e. The highest BCUT2D eigenvalue weighted by molar-refractivity contribution is 5.79. The number of carbonyl (C=O) groups is 2. The quantitative estimate of drug-likeness (QED) is 0.902. The van der Waals surface area contributed by atoms with E-state index < -0.39 is 0 Å². The van der Waals surface area contributed by atoms with Crippen molar-refractivity contribution >= 4 is 11.9 Å². The first-order valence-electron chi connectivity index (χ1n) is 8.74. The maximum Gasteiger partial charge on any atom is 0.317 e. The predicted octanol–water partition coefficient (Wildman–Crippen LogP) is 1.61. The molecule has 1 aromatic carbocycles. The Morgan fingerprint density at radius 3 is 2.60 bits per heavy atom. The van der Waals surface area contributed by atoms with E-state index in [-0.39, 0.29) is 24.8 Å². The van der Waals surface area contributed by atoms with Crippen molar-refractivity contribution in [1.82, 2.24) is 15.1 Å². The number of nitrogens with one attached hydrogen (secondary N) is 1. The van der Waals surface area contributed by atoms with Gasteiger partial charge in [-0.2, -0.15) is 0 Å². The Morgan fingerprint density at radius 1 is 1.08 bits per heavy atom. The summed E-state index contributed by atoms with van der Waals surface area (Å²) >= 11 is 0. The van der Waals surface area contributed by atoms with Crippen LogP contribution in [0.3, 0.4) is 0 Å². The van der Waals surface area contributed by atoms with Crippen molar-refractivity contribution in [2.45, 2.75) is 32.7 Å². The molecule has 3 rings (SSSR count). The SMILES string of the molecule is CC(C)NC(=O)N1CCCN(C(=O)Cc2ccc3c(c2)OCO3)CC1. The van der Waals surface area contributed by atoms with Crippen molar-refractivity contribution in [3.63, 3.8) is 0 Å². The topological polar surface area (TPSA) is 71.1 Å². The second-order valence-electron chi connectivity index (χ2n) is 6.69. The molecule has 0 aliphatic carbocycles. The van der Waals surface area contributed by atoms with Gasteiger partial charge in [0.2, 0.25) is 12.7 Å². The van der Waals surface area contributed by atoms with Crippen LogP contribution in [0.25, 0.3) is 0 Å². The van der Waals surface area contributed by atoms with Crippen molar-refractivity contribution in [2.24, 2.45) is 0 Å². The third-order valence-electron chi connectivity index (χ3n) is 4.34. The molecule has 1 saturated heterocycles. The van der Waals surface area contributed by atoms with Crippen LogP contribution in [0.5, 0.6) is 11.5 Å². The molecule has 0 atom stereocenters. The molecule has 2 heterocycles. The van der Waals surface area contributed by atoms with Gasteiger partial charge in [0, 0.05) is 32.2 Å². The molecule has 7 heteroatoms. The Kier molecular flexibility index (Phi) is 5.31. The van der Waals surface area contributed by atoms with Crippen LogP contribution in [0, 0.1) is 0 Å². The standard InChI is InChI=1S/C18H25N3O4/c1-13(2)19-18(23)21-7-3-6-20(8-9-21)17(22)11-14-4-5-15-16(10-14)25-12-24-15/h4-5,10,13H,3,6-9,11-12H2,1-2H3,(H,19,23). The molecule has 25 heavy (non-hydrogen) atoms. The molecule has 0 aromatic heterocycles. The minimum atomic E-state index is -0.0555. The highest BCUT2D eigenvalue weighted by Crippen LogP contribution is 2.32. The molecule has 0 bridgehead atoms. The Labute approximate surface area is 147 Å². The van der Waals surface area contributed by atoms with Gasteiger partial charge in [-0.15, -0.1) is 0 Å². The molecule has 2 aliphatic rings. The zero-order chi connectivity index (χ0) is 17.8. The average Bonchev–Trinajstić information content (AvgIpc) is 2.88. The van der Waals surface area contributed by atoms with Gasteiger partial charge in [-0.1, -0.05) is 6.07 Å². The lowest BCUT2D eigenvalue weighted by Gasteiger charge is -2.23. The lowest BCUT2D eigenvalue weighted by Crippen LogP contribution is -2.45. The van der Waals surface area contributed by atoms with E-state index in [1.807, 2.05) is 36.9 Å². The number of hydrogen-bond donors (Lipinski definition) is 1. The second kappa shape index (κ2) is 7.63. The lowest BCUT2D eigenvalue weighted by molar-refractivity contribution is -0.130. The molecular weight excluding hydrogens is 322 g/mol. The van der Waals surface area contributed by atoms with Crippen LogP contribution in [0.15, 0.2) is 18.2 Å². The summed E-state index contributed by atoms with van der Waals surface area (Å²) in [4.78, 5) is 28.4. The van der Waals surface area contributed by atoms with Gasteiger partial charge in [-0.3, -0.25) is 4.79 Å². The van der Waals surface area contributed by atoms with Crippen molar-refractivity contribution in [1.29, 1.82) is 0 Å². The smallest absolute Gasteiger partial charge is 0.317 e. The number of amides is 3. The highest BCUT2D eigenvalue weighted by Gasteiger charge is 2.23. The molecule has 3 amide bonds. The maximum absolute atomic E-state index is 12.6. The fourth-order valence-corrected chi connectivity index (χ4v) is 3.05. The van der Waals surface area contributed by atoms with Crippen molar-refractivity contribution < 1.29 is 19.1 Å². The third kappa shape index (κ3) is 4.35. The molecular formula is C18H25N3O4. The summed E-state index contributed by atoms with van der Waals surface area (Å²) in [5.74, 6) is 1.49. The number of fused-ring (bicyclic) bond motifs is 1. The first kappa shape index (κ1) is 17.4. The number of hydrogen-bond acceptors (Lipinski definition) is 4. The molecule has 0 radical (unpaired) electrons. The fraction of sp³-hybridized carbons (Fsp3) is 0.556. The van der Waals surface area contributed by atoms with E-state index in [0.29, 0.717) is 38.3 Å². The minimum absolute atomic E-state index is 0.0555. The summed E-state index contributed by atoms with van der Waals surface area (Å²) in [6.07, 6.45) is 1.12. The Bertz CT molecular complexity index is 647. The number of nitrogens with zero attached hydrogens (tertiary/aromatic N) is 2. The van der Waals surface area contributed by atoms with Gasteiger partial charge in [0.1, 0.15) is 0 Å². The van der Waals surface area contributed by atoms with Gasteiger partial charge < -0.3 is 24.6 Å². The normalized spacial score (nSPS) is 16.8. The van der Waals surface area contributed by atoms with Gasteiger partial charge >= 0.3 is 6.03 Å². The summed E-state index contributed by atoms with van der Waals surface area (Å²) < 4.78 is 10.7. The molecule has 0 saturated carbocycles. The highest BCUT2D eigenvalue weighted by atomic mass is 16.7. The number of ether oxygens (including phenoxy) is 2. The number of carbonyl (C=O) groups excluding carboxylic acids is 2. The monoisotopic (exact) mass is 347 g/mol. The fourth-order valence-electron chi connectivity index (χ4n) is 3.05. The van der Waals surface area contributed by atoms with Crippen LogP contribution in [-0.2, 0) is 11.2 Å². The van der Waals surface area contributed by atoms with E-state index in [4.69, 9.17) is 9.47 Å². The van der Waals surface area contributed by atoms with Crippen molar-refractivity contribution in [3.8, 4) is 11.5 Å². The lowest BCUT2D eigenvalue weighted by atomic mass is 10.1. The summed E-state index contributed by atoms with van der Waals surface area (Å²) in [5.41, 5.74) is 0.910. The second-order valence-corrected chi connectivity index (χ2v) is 6.69. The number of urea groups is 1. The van der Waals surface area contributed by atoms with Crippen LogP contribution in [0.1, 0.15) is 25.8 Å².